The quantitative estimate of drug-likeness (QED) is 0.439. The van der Waals surface area contributed by atoms with Crippen LogP contribution in [0.1, 0.15) is 18.5 Å². The number of aryl methyl sites for hydroxylation is 1. The topological polar surface area (TPSA) is 74.3 Å². The molecule has 0 bridgehead atoms. The molecule has 1 N–H and O–H groups in total. The molecule has 3 heterocycles. The first-order valence-electron chi connectivity index (χ1n) is 11.6. The maximum absolute atomic E-state index is 11.5. The van der Waals surface area contributed by atoms with Crippen molar-refractivity contribution in [1.82, 2.24) is 19.9 Å². The zero-order chi connectivity index (χ0) is 22.6. The number of unbranched alkanes of at least 4 members (excludes halogenated alkanes) is 1. The molecular weight excluding hydrogens is 414 g/mol. The number of hydrogen-bond donors (Lipinski definition) is 1. The second kappa shape index (κ2) is 9.58. The molecule has 170 valence electrons. The van der Waals surface area contributed by atoms with Gasteiger partial charge in [0, 0.05) is 48.7 Å². The third-order valence-electron chi connectivity index (χ3n) is 6.34. The van der Waals surface area contributed by atoms with E-state index in [0.717, 1.165) is 56.6 Å². The molecule has 0 saturated carbocycles. The summed E-state index contributed by atoms with van der Waals surface area (Å²) in [6.45, 7) is 7.78. The number of fused-ring (bicyclic) bond motifs is 2. The van der Waals surface area contributed by atoms with Crippen LogP contribution in [0.3, 0.4) is 0 Å². The van der Waals surface area contributed by atoms with Crippen LogP contribution in [-0.4, -0.2) is 59.2 Å². The van der Waals surface area contributed by atoms with Crippen LogP contribution < -0.4 is 15.2 Å². The second-order valence-electron chi connectivity index (χ2n) is 8.56. The Bertz CT molecular complexity index is 1310. The van der Waals surface area contributed by atoms with Crippen molar-refractivity contribution in [3.05, 3.63) is 70.6 Å². The van der Waals surface area contributed by atoms with Crippen LogP contribution in [0.25, 0.3) is 21.8 Å². The molecule has 0 radical (unpaired) electrons. The van der Waals surface area contributed by atoms with Crippen LogP contribution >= 0.6 is 0 Å². The Morgan fingerprint density at radius 3 is 2.61 bits per heavy atom. The lowest BCUT2D eigenvalue weighted by Crippen LogP contribution is -2.46. The lowest BCUT2D eigenvalue weighted by molar-refractivity contribution is 0.234. The number of piperazine rings is 1. The molecule has 0 aliphatic carbocycles. The molecule has 2 aromatic heterocycles. The van der Waals surface area contributed by atoms with Crippen LogP contribution in [0.5, 0.6) is 6.01 Å². The molecule has 1 aliphatic rings. The summed E-state index contributed by atoms with van der Waals surface area (Å²) in [5, 5.41) is 3.47. The number of aromatic nitrogens is 3. The zero-order valence-electron chi connectivity index (χ0n) is 19.0. The van der Waals surface area contributed by atoms with Crippen molar-refractivity contribution < 1.29 is 4.74 Å². The van der Waals surface area contributed by atoms with Gasteiger partial charge in [0.25, 0.3) is 0 Å². The van der Waals surface area contributed by atoms with E-state index in [-0.39, 0.29) is 5.56 Å². The monoisotopic (exact) mass is 443 g/mol. The van der Waals surface area contributed by atoms with E-state index in [0.29, 0.717) is 18.3 Å². The first kappa shape index (κ1) is 21.4. The molecule has 2 aromatic carbocycles. The van der Waals surface area contributed by atoms with Crippen molar-refractivity contribution in [3.63, 3.8) is 0 Å². The third-order valence-corrected chi connectivity index (χ3v) is 6.34. The van der Waals surface area contributed by atoms with Gasteiger partial charge in [-0.3, -0.25) is 9.69 Å². The van der Waals surface area contributed by atoms with Gasteiger partial charge < -0.3 is 14.6 Å². The number of pyridine rings is 1. The summed E-state index contributed by atoms with van der Waals surface area (Å²) >= 11 is 0. The highest BCUT2D eigenvalue weighted by atomic mass is 16.5. The van der Waals surface area contributed by atoms with Crippen molar-refractivity contribution in [1.29, 1.82) is 0 Å². The van der Waals surface area contributed by atoms with Gasteiger partial charge in [0.2, 0.25) is 5.56 Å². The Morgan fingerprint density at radius 2 is 1.73 bits per heavy atom. The van der Waals surface area contributed by atoms with Gasteiger partial charge >= 0.3 is 6.01 Å². The molecule has 0 amide bonds. The highest BCUT2D eigenvalue weighted by Gasteiger charge is 2.18. The molecule has 0 atom stereocenters. The van der Waals surface area contributed by atoms with Gasteiger partial charge in [-0.1, -0.05) is 36.4 Å². The molecule has 0 unspecified atom stereocenters. The van der Waals surface area contributed by atoms with Crippen LogP contribution in [-0.2, 0) is 0 Å². The molecule has 1 saturated heterocycles. The number of nitrogens with zero attached hydrogens (tertiary/aromatic N) is 4. The van der Waals surface area contributed by atoms with E-state index in [1.165, 1.54) is 22.5 Å². The van der Waals surface area contributed by atoms with Gasteiger partial charge in [-0.05, 0) is 43.8 Å². The number of rotatable bonds is 7. The summed E-state index contributed by atoms with van der Waals surface area (Å²) in [5.74, 6) is 0. The van der Waals surface area contributed by atoms with Gasteiger partial charge in [-0.15, -0.1) is 0 Å². The minimum absolute atomic E-state index is 0.174. The summed E-state index contributed by atoms with van der Waals surface area (Å²) in [7, 11) is 0. The van der Waals surface area contributed by atoms with E-state index in [4.69, 9.17) is 4.74 Å². The van der Waals surface area contributed by atoms with Gasteiger partial charge in [0.05, 0.1) is 12.3 Å². The van der Waals surface area contributed by atoms with Crippen molar-refractivity contribution in [2.75, 3.05) is 44.2 Å². The summed E-state index contributed by atoms with van der Waals surface area (Å²) in [6.07, 6.45) is 2.01. The van der Waals surface area contributed by atoms with Crippen molar-refractivity contribution in [2.45, 2.75) is 19.8 Å². The van der Waals surface area contributed by atoms with E-state index >= 15 is 0 Å². The van der Waals surface area contributed by atoms with E-state index in [1.807, 2.05) is 6.92 Å². The number of benzene rings is 2. The summed E-state index contributed by atoms with van der Waals surface area (Å²) in [6, 6.07) is 18.7. The SMILES string of the molecule is Cc1nc(OCCCCN2CCN(c3cccc4ccccc34)CC2)nc2[nH]c(=O)ccc12. The average Bonchev–Trinajstić information content (AvgIpc) is 2.84. The van der Waals surface area contributed by atoms with Crippen LogP contribution in [0, 0.1) is 6.92 Å². The summed E-state index contributed by atoms with van der Waals surface area (Å²) < 4.78 is 5.77. The number of ether oxygens (including phenoxy) is 1. The number of anilines is 1. The van der Waals surface area contributed by atoms with Crippen LogP contribution in [0.15, 0.2) is 59.4 Å². The molecule has 7 heteroatoms. The molecule has 1 aliphatic heterocycles. The van der Waals surface area contributed by atoms with E-state index < -0.39 is 0 Å². The molecule has 7 nitrogen and oxygen atoms in total. The smallest absolute Gasteiger partial charge is 0.318 e. The van der Waals surface area contributed by atoms with E-state index in [9.17, 15) is 4.79 Å². The van der Waals surface area contributed by atoms with Crippen molar-refractivity contribution >= 4 is 27.5 Å². The number of nitrogens with one attached hydrogen (secondary N) is 1. The Balaban J connectivity index is 1.08. The van der Waals surface area contributed by atoms with E-state index in [1.54, 1.807) is 6.07 Å². The largest absolute Gasteiger partial charge is 0.463 e. The molecule has 4 aromatic rings. The highest BCUT2D eigenvalue weighted by molar-refractivity contribution is 5.94. The molecule has 33 heavy (non-hydrogen) atoms. The average molecular weight is 444 g/mol. The van der Waals surface area contributed by atoms with E-state index in [2.05, 4.69) is 67.2 Å². The minimum Gasteiger partial charge on any atom is -0.463 e. The van der Waals surface area contributed by atoms with Crippen molar-refractivity contribution in [2.24, 2.45) is 0 Å². The maximum Gasteiger partial charge on any atom is 0.318 e. The molecule has 1 fully saturated rings. The Morgan fingerprint density at radius 1 is 0.909 bits per heavy atom. The van der Waals surface area contributed by atoms with Gasteiger partial charge in [-0.2, -0.15) is 9.97 Å². The Hall–Kier alpha value is -3.45. The predicted octanol–water partition coefficient (Wildman–Crippen LogP) is 3.76. The molecule has 5 rings (SSSR count). The predicted molar refractivity (Wildman–Crippen MR) is 132 cm³/mol. The Kier molecular flexibility index (Phi) is 6.21. The van der Waals surface area contributed by atoms with Gasteiger partial charge in [0.1, 0.15) is 5.65 Å². The molecule has 0 spiro atoms. The molecular formula is C26H29N5O2. The highest BCUT2D eigenvalue weighted by Crippen LogP contribution is 2.27. The number of hydrogen-bond acceptors (Lipinski definition) is 6. The summed E-state index contributed by atoms with van der Waals surface area (Å²) in [4.78, 5) is 28.1. The van der Waals surface area contributed by atoms with Crippen LogP contribution in [0.2, 0.25) is 0 Å². The van der Waals surface area contributed by atoms with Crippen LogP contribution in [0.4, 0.5) is 5.69 Å². The first-order chi connectivity index (χ1) is 16.2. The standard InChI is InChI=1S/C26H29N5O2/c1-19-21-11-12-24(32)28-25(21)29-26(27-19)33-18-5-4-13-30-14-16-31(17-15-30)23-10-6-8-20-7-2-3-9-22(20)23/h2-3,6-12H,4-5,13-18H2,1H3,(H,27,28,29,32). The maximum atomic E-state index is 11.5. The number of H-pyrrole nitrogens is 1. The lowest BCUT2D eigenvalue weighted by Gasteiger charge is -2.36. The fourth-order valence-electron chi connectivity index (χ4n) is 4.53. The normalized spacial score (nSPS) is 14.8. The fourth-order valence-corrected chi connectivity index (χ4v) is 4.53. The third kappa shape index (κ3) is 4.83. The second-order valence-corrected chi connectivity index (χ2v) is 8.56. The first-order valence-corrected chi connectivity index (χ1v) is 11.6. The fraction of sp³-hybridized carbons (Fsp3) is 0.346. The zero-order valence-corrected chi connectivity index (χ0v) is 19.0. The lowest BCUT2D eigenvalue weighted by atomic mass is 10.1. The summed E-state index contributed by atoms with van der Waals surface area (Å²) in [5.41, 5.74) is 2.49. The van der Waals surface area contributed by atoms with Crippen molar-refractivity contribution in [3.8, 4) is 6.01 Å². The van der Waals surface area contributed by atoms with Gasteiger partial charge in [0.15, 0.2) is 0 Å². The minimum atomic E-state index is -0.174. The van der Waals surface area contributed by atoms with Gasteiger partial charge in [-0.25, -0.2) is 0 Å². The Labute approximate surface area is 193 Å². The number of aromatic amines is 1.